The van der Waals surface area contributed by atoms with Crippen molar-refractivity contribution in [1.82, 2.24) is 15.1 Å². The number of nitrogens with one attached hydrogen (secondary N) is 1. The van der Waals surface area contributed by atoms with Crippen molar-refractivity contribution >= 4 is 0 Å². The van der Waals surface area contributed by atoms with Crippen LogP contribution in [-0.2, 0) is 17.8 Å². The van der Waals surface area contributed by atoms with E-state index in [2.05, 4.69) is 37.3 Å². The van der Waals surface area contributed by atoms with Gasteiger partial charge in [-0.3, -0.25) is 4.68 Å². The standard InChI is InChI=1S/C12H23N3O/c1-4-8-16-9-7-15-6-5-12(14-15)10-13-11(2)3/h5-6,11,13H,4,7-10H2,1-3H3. The van der Waals surface area contributed by atoms with Crippen LogP contribution < -0.4 is 5.32 Å². The normalized spacial score (nSPS) is 11.2. The number of ether oxygens (including phenoxy) is 1. The minimum Gasteiger partial charge on any atom is -0.380 e. The molecule has 1 aromatic heterocycles. The van der Waals surface area contributed by atoms with Gasteiger partial charge in [0.05, 0.1) is 18.8 Å². The highest BCUT2D eigenvalue weighted by Gasteiger charge is 1.99. The lowest BCUT2D eigenvalue weighted by molar-refractivity contribution is 0.124. The van der Waals surface area contributed by atoms with Crippen molar-refractivity contribution in [3.8, 4) is 0 Å². The fourth-order valence-electron chi connectivity index (χ4n) is 1.34. The van der Waals surface area contributed by atoms with Crippen LogP contribution in [-0.4, -0.2) is 29.0 Å². The smallest absolute Gasteiger partial charge is 0.0762 e. The molecule has 0 saturated heterocycles. The molecule has 0 spiro atoms. The number of aromatic nitrogens is 2. The molecule has 0 aromatic carbocycles. The van der Waals surface area contributed by atoms with Gasteiger partial charge in [-0.2, -0.15) is 5.10 Å². The lowest BCUT2D eigenvalue weighted by atomic mass is 10.3. The molecular weight excluding hydrogens is 202 g/mol. The van der Waals surface area contributed by atoms with Crippen molar-refractivity contribution in [2.75, 3.05) is 13.2 Å². The Morgan fingerprint density at radius 2 is 2.25 bits per heavy atom. The second kappa shape index (κ2) is 7.41. The molecule has 0 atom stereocenters. The molecule has 1 heterocycles. The Bertz CT molecular complexity index is 284. The molecule has 92 valence electrons. The van der Waals surface area contributed by atoms with E-state index >= 15 is 0 Å². The van der Waals surface area contributed by atoms with E-state index in [-0.39, 0.29) is 0 Å². The average molecular weight is 225 g/mol. The van der Waals surface area contributed by atoms with Gasteiger partial charge in [-0.15, -0.1) is 0 Å². The maximum atomic E-state index is 5.42. The predicted molar refractivity (Wildman–Crippen MR) is 65.3 cm³/mol. The summed E-state index contributed by atoms with van der Waals surface area (Å²) in [6, 6.07) is 2.55. The number of rotatable bonds is 8. The van der Waals surface area contributed by atoms with E-state index in [1.807, 2.05) is 10.9 Å². The molecule has 0 radical (unpaired) electrons. The molecule has 1 N–H and O–H groups in total. The van der Waals surface area contributed by atoms with Crippen LogP contribution in [0.25, 0.3) is 0 Å². The van der Waals surface area contributed by atoms with Crippen molar-refractivity contribution in [3.63, 3.8) is 0 Å². The monoisotopic (exact) mass is 225 g/mol. The van der Waals surface area contributed by atoms with Gasteiger partial charge in [0.2, 0.25) is 0 Å². The minimum absolute atomic E-state index is 0.498. The van der Waals surface area contributed by atoms with E-state index in [4.69, 9.17) is 4.74 Å². The van der Waals surface area contributed by atoms with Crippen LogP contribution in [0, 0.1) is 0 Å². The summed E-state index contributed by atoms with van der Waals surface area (Å²) in [4.78, 5) is 0. The van der Waals surface area contributed by atoms with Gasteiger partial charge in [0.25, 0.3) is 0 Å². The fourth-order valence-corrected chi connectivity index (χ4v) is 1.34. The van der Waals surface area contributed by atoms with E-state index in [1.54, 1.807) is 0 Å². The largest absolute Gasteiger partial charge is 0.380 e. The Morgan fingerprint density at radius 3 is 2.94 bits per heavy atom. The van der Waals surface area contributed by atoms with Crippen LogP contribution in [0.3, 0.4) is 0 Å². The SMILES string of the molecule is CCCOCCn1ccc(CNC(C)C)n1. The van der Waals surface area contributed by atoms with Crippen molar-refractivity contribution in [1.29, 1.82) is 0 Å². The Labute approximate surface area is 98.0 Å². The van der Waals surface area contributed by atoms with Gasteiger partial charge in [0.15, 0.2) is 0 Å². The van der Waals surface area contributed by atoms with E-state index in [0.717, 1.165) is 38.4 Å². The Kier molecular flexibility index (Phi) is 6.11. The van der Waals surface area contributed by atoms with Crippen LogP contribution in [0.5, 0.6) is 0 Å². The van der Waals surface area contributed by atoms with Crippen LogP contribution in [0.2, 0.25) is 0 Å². The summed E-state index contributed by atoms with van der Waals surface area (Å²) in [6.07, 6.45) is 3.08. The number of hydrogen-bond donors (Lipinski definition) is 1. The molecule has 1 aromatic rings. The van der Waals surface area contributed by atoms with Gasteiger partial charge in [-0.05, 0) is 12.5 Å². The topological polar surface area (TPSA) is 39.1 Å². The molecule has 0 fully saturated rings. The van der Waals surface area contributed by atoms with E-state index in [0.29, 0.717) is 6.04 Å². The quantitative estimate of drug-likeness (QED) is 0.686. The maximum Gasteiger partial charge on any atom is 0.0762 e. The molecular formula is C12H23N3O. The van der Waals surface area contributed by atoms with Crippen molar-refractivity contribution in [2.24, 2.45) is 0 Å². The second-order valence-corrected chi connectivity index (χ2v) is 4.22. The third-order valence-electron chi connectivity index (χ3n) is 2.20. The highest BCUT2D eigenvalue weighted by Crippen LogP contribution is 1.96. The molecule has 0 aliphatic heterocycles. The summed E-state index contributed by atoms with van der Waals surface area (Å²) >= 11 is 0. The molecule has 4 heteroatoms. The zero-order valence-electron chi connectivity index (χ0n) is 10.6. The molecule has 0 saturated carbocycles. The lowest BCUT2D eigenvalue weighted by Gasteiger charge is -2.05. The van der Waals surface area contributed by atoms with Crippen LogP contribution >= 0.6 is 0 Å². The van der Waals surface area contributed by atoms with E-state index in [9.17, 15) is 0 Å². The molecule has 0 aliphatic rings. The summed E-state index contributed by atoms with van der Waals surface area (Å²) < 4.78 is 7.36. The highest BCUT2D eigenvalue weighted by molar-refractivity contribution is 4.98. The van der Waals surface area contributed by atoms with Gasteiger partial charge in [0, 0.05) is 25.4 Å². The summed E-state index contributed by atoms with van der Waals surface area (Å²) in [5.74, 6) is 0. The summed E-state index contributed by atoms with van der Waals surface area (Å²) in [5.41, 5.74) is 1.09. The molecule has 1 rings (SSSR count). The zero-order valence-corrected chi connectivity index (χ0v) is 10.6. The molecule has 0 amide bonds. The first-order chi connectivity index (χ1) is 7.72. The lowest BCUT2D eigenvalue weighted by Crippen LogP contribution is -2.22. The zero-order chi connectivity index (χ0) is 11.8. The van der Waals surface area contributed by atoms with Crippen molar-refractivity contribution in [3.05, 3.63) is 18.0 Å². The van der Waals surface area contributed by atoms with Gasteiger partial charge in [0.1, 0.15) is 0 Å². The molecule has 4 nitrogen and oxygen atoms in total. The first-order valence-electron chi connectivity index (χ1n) is 6.05. The van der Waals surface area contributed by atoms with E-state index < -0.39 is 0 Å². The van der Waals surface area contributed by atoms with Gasteiger partial charge >= 0.3 is 0 Å². The highest BCUT2D eigenvalue weighted by atomic mass is 16.5. The Hall–Kier alpha value is -0.870. The summed E-state index contributed by atoms with van der Waals surface area (Å²) in [5, 5.41) is 7.80. The fraction of sp³-hybridized carbons (Fsp3) is 0.750. The van der Waals surface area contributed by atoms with Crippen LogP contribution in [0.4, 0.5) is 0 Å². The van der Waals surface area contributed by atoms with Gasteiger partial charge < -0.3 is 10.1 Å². The maximum absolute atomic E-state index is 5.42. The molecule has 0 unspecified atom stereocenters. The van der Waals surface area contributed by atoms with Gasteiger partial charge in [-0.25, -0.2) is 0 Å². The first-order valence-corrected chi connectivity index (χ1v) is 6.05. The third kappa shape index (κ3) is 5.28. The Morgan fingerprint density at radius 1 is 1.44 bits per heavy atom. The van der Waals surface area contributed by atoms with E-state index in [1.165, 1.54) is 0 Å². The molecule has 0 aliphatic carbocycles. The summed E-state index contributed by atoms with van der Waals surface area (Å²) in [6.45, 7) is 9.63. The summed E-state index contributed by atoms with van der Waals surface area (Å²) in [7, 11) is 0. The average Bonchev–Trinajstić information content (AvgIpc) is 2.70. The third-order valence-corrected chi connectivity index (χ3v) is 2.20. The van der Waals surface area contributed by atoms with Crippen LogP contribution in [0.15, 0.2) is 12.3 Å². The first kappa shape index (κ1) is 13.2. The van der Waals surface area contributed by atoms with Crippen molar-refractivity contribution in [2.45, 2.75) is 46.3 Å². The molecule has 16 heavy (non-hydrogen) atoms. The predicted octanol–water partition coefficient (Wildman–Crippen LogP) is 1.81. The Balaban J connectivity index is 2.22. The number of nitrogens with zero attached hydrogens (tertiary/aromatic N) is 2. The number of hydrogen-bond acceptors (Lipinski definition) is 3. The minimum atomic E-state index is 0.498. The molecule has 0 bridgehead atoms. The van der Waals surface area contributed by atoms with Crippen molar-refractivity contribution < 1.29 is 4.74 Å². The van der Waals surface area contributed by atoms with Crippen LogP contribution in [0.1, 0.15) is 32.9 Å². The van der Waals surface area contributed by atoms with Gasteiger partial charge in [-0.1, -0.05) is 20.8 Å². The second-order valence-electron chi connectivity index (χ2n) is 4.22.